The van der Waals surface area contributed by atoms with Crippen molar-refractivity contribution in [3.05, 3.63) is 71.9 Å². The standard InChI is InChI=1S/C31H39N5O5/c1-19(2)26(35-28(37)20(3)32-4)31(40)36-17-15-25-27(36)30(39)34-24(18-22-8-6-5-7-9-22)29(38)33-16-14-21-10-12-23(41-25)13-11-21/h5-14,16,19-20,24-27,32H,15,17-18H2,1-4H3,(H,33,38)(H,34,39)(H,35,37)/b16-14-/t20-,24-,25-,26-,27-/m0/s1. The molecule has 2 aromatic carbocycles. The number of ether oxygens (including phenoxy) is 1. The first-order valence-corrected chi connectivity index (χ1v) is 14.0. The average Bonchev–Trinajstić information content (AvgIpc) is 3.39. The summed E-state index contributed by atoms with van der Waals surface area (Å²) in [5, 5.41) is 11.4. The van der Waals surface area contributed by atoms with Crippen molar-refractivity contribution in [1.82, 2.24) is 26.2 Å². The lowest BCUT2D eigenvalue weighted by atomic mass is 10.0. The normalized spacial score (nSPS) is 23.0. The number of carbonyl (C=O) groups excluding carboxylic acids is 4. The Kier molecular flexibility index (Phi) is 9.78. The van der Waals surface area contributed by atoms with Crippen LogP contribution in [0.5, 0.6) is 5.75 Å². The molecule has 0 unspecified atom stereocenters. The highest BCUT2D eigenvalue weighted by Gasteiger charge is 2.46. The van der Waals surface area contributed by atoms with Gasteiger partial charge in [0, 0.05) is 25.6 Å². The Bertz CT molecular complexity index is 1260. The number of rotatable bonds is 7. The van der Waals surface area contributed by atoms with Crippen molar-refractivity contribution in [3.63, 3.8) is 0 Å². The second-order valence-corrected chi connectivity index (χ2v) is 10.8. The zero-order valence-electron chi connectivity index (χ0n) is 23.9. The Morgan fingerprint density at radius 1 is 1.02 bits per heavy atom. The molecular weight excluding hydrogens is 522 g/mol. The molecule has 0 saturated carbocycles. The molecule has 2 bridgehead atoms. The van der Waals surface area contributed by atoms with Crippen LogP contribution in [0, 0.1) is 5.92 Å². The van der Waals surface area contributed by atoms with E-state index >= 15 is 0 Å². The maximum absolute atomic E-state index is 14.0. The van der Waals surface area contributed by atoms with E-state index in [0.29, 0.717) is 12.2 Å². The lowest BCUT2D eigenvalue weighted by Crippen LogP contribution is -2.60. The summed E-state index contributed by atoms with van der Waals surface area (Å²) < 4.78 is 6.27. The Morgan fingerprint density at radius 3 is 2.39 bits per heavy atom. The largest absolute Gasteiger partial charge is 0.488 e. The van der Waals surface area contributed by atoms with Crippen LogP contribution in [-0.4, -0.2) is 72.4 Å². The Hall–Kier alpha value is -4.18. The third-order valence-electron chi connectivity index (χ3n) is 7.54. The molecule has 3 aliphatic heterocycles. The summed E-state index contributed by atoms with van der Waals surface area (Å²) in [6.07, 6.45) is 3.34. The van der Waals surface area contributed by atoms with Crippen molar-refractivity contribution < 1.29 is 23.9 Å². The van der Waals surface area contributed by atoms with E-state index in [4.69, 9.17) is 4.74 Å². The summed E-state index contributed by atoms with van der Waals surface area (Å²) >= 11 is 0. The quantitative estimate of drug-likeness (QED) is 0.407. The van der Waals surface area contributed by atoms with Gasteiger partial charge in [0.25, 0.3) is 0 Å². The van der Waals surface area contributed by atoms with Gasteiger partial charge in [-0.1, -0.05) is 56.3 Å². The number of likely N-dealkylation sites (tertiary alicyclic amines) is 1. The van der Waals surface area contributed by atoms with Crippen LogP contribution in [0.4, 0.5) is 0 Å². The molecule has 4 N–H and O–H groups in total. The topological polar surface area (TPSA) is 129 Å². The van der Waals surface area contributed by atoms with Crippen LogP contribution < -0.4 is 26.0 Å². The fraction of sp³-hybridized carbons (Fsp3) is 0.419. The lowest BCUT2D eigenvalue weighted by Gasteiger charge is -2.33. The molecule has 1 fully saturated rings. The molecule has 5 rings (SSSR count). The van der Waals surface area contributed by atoms with Crippen LogP contribution in [0.3, 0.4) is 0 Å². The number of nitrogens with one attached hydrogen (secondary N) is 4. The molecule has 3 heterocycles. The van der Waals surface area contributed by atoms with Gasteiger partial charge in [0.1, 0.15) is 30.0 Å². The molecule has 0 aliphatic carbocycles. The van der Waals surface area contributed by atoms with Gasteiger partial charge in [-0.3, -0.25) is 19.2 Å². The molecule has 10 heteroatoms. The predicted molar refractivity (Wildman–Crippen MR) is 156 cm³/mol. The van der Waals surface area contributed by atoms with Crippen LogP contribution in [0.15, 0.2) is 60.8 Å². The van der Waals surface area contributed by atoms with Gasteiger partial charge >= 0.3 is 0 Å². The summed E-state index contributed by atoms with van der Waals surface area (Å²) in [5.41, 5.74) is 1.74. The number of amides is 4. The van der Waals surface area contributed by atoms with Gasteiger partial charge in [0.15, 0.2) is 0 Å². The zero-order valence-corrected chi connectivity index (χ0v) is 23.9. The minimum atomic E-state index is -1.01. The number of benzene rings is 2. The summed E-state index contributed by atoms with van der Waals surface area (Å²) in [5.74, 6) is -1.22. The van der Waals surface area contributed by atoms with Crippen molar-refractivity contribution in [2.75, 3.05) is 13.6 Å². The predicted octanol–water partition coefficient (Wildman–Crippen LogP) is 1.61. The monoisotopic (exact) mass is 561 g/mol. The van der Waals surface area contributed by atoms with E-state index in [1.165, 1.54) is 4.90 Å². The van der Waals surface area contributed by atoms with E-state index in [9.17, 15) is 19.2 Å². The number of fused-ring (bicyclic) bond motifs is 7. The van der Waals surface area contributed by atoms with Crippen LogP contribution in [0.2, 0.25) is 0 Å². The summed E-state index contributed by atoms with van der Waals surface area (Å²) in [7, 11) is 1.67. The molecule has 4 amide bonds. The van der Waals surface area contributed by atoms with E-state index in [0.717, 1.165) is 11.1 Å². The zero-order chi connectivity index (χ0) is 29.5. The Balaban J connectivity index is 1.67. The first-order valence-electron chi connectivity index (χ1n) is 14.0. The van der Waals surface area contributed by atoms with E-state index in [2.05, 4.69) is 21.3 Å². The average molecular weight is 562 g/mol. The molecule has 5 atom stereocenters. The van der Waals surface area contributed by atoms with Crippen molar-refractivity contribution in [1.29, 1.82) is 0 Å². The maximum atomic E-state index is 14.0. The van der Waals surface area contributed by atoms with Gasteiger partial charge in [-0.15, -0.1) is 0 Å². The van der Waals surface area contributed by atoms with Gasteiger partial charge in [0.05, 0.1) is 6.04 Å². The van der Waals surface area contributed by atoms with Gasteiger partial charge < -0.3 is 30.9 Å². The molecule has 0 radical (unpaired) electrons. The molecular formula is C31H39N5O5. The molecule has 218 valence electrons. The van der Waals surface area contributed by atoms with Crippen LogP contribution in [-0.2, 0) is 25.6 Å². The highest BCUT2D eigenvalue weighted by Crippen LogP contribution is 2.27. The molecule has 2 aromatic rings. The number of carbonyl (C=O) groups is 4. The molecule has 10 nitrogen and oxygen atoms in total. The van der Waals surface area contributed by atoms with E-state index < -0.39 is 36.2 Å². The minimum Gasteiger partial charge on any atom is -0.488 e. The number of hydrogen-bond donors (Lipinski definition) is 4. The number of hydrogen-bond acceptors (Lipinski definition) is 6. The Morgan fingerprint density at radius 2 is 1.73 bits per heavy atom. The second kappa shape index (κ2) is 13.5. The van der Waals surface area contributed by atoms with Gasteiger partial charge in [0.2, 0.25) is 23.6 Å². The third-order valence-corrected chi connectivity index (χ3v) is 7.54. The first kappa shape index (κ1) is 29.8. The molecule has 3 aliphatic rings. The van der Waals surface area contributed by atoms with Crippen molar-refractivity contribution in [2.24, 2.45) is 5.92 Å². The van der Waals surface area contributed by atoms with Crippen molar-refractivity contribution in [2.45, 2.75) is 63.9 Å². The van der Waals surface area contributed by atoms with Crippen molar-refractivity contribution >= 4 is 29.7 Å². The highest BCUT2D eigenvalue weighted by molar-refractivity contribution is 5.96. The maximum Gasteiger partial charge on any atom is 0.247 e. The van der Waals surface area contributed by atoms with E-state index in [-0.39, 0.29) is 36.6 Å². The number of likely N-dealkylation sites (N-methyl/N-ethyl adjacent to an activating group) is 1. The second-order valence-electron chi connectivity index (χ2n) is 10.8. The van der Waals surface area contributed by atoms with Crippen molar-refractivity contribution in [3.8, 4) is 5.75 Å². The SMILES string of the molecule is CN[C@@H](C)C(=O)N[C@H](C(=O)N1CC[C@@H]2Oc3ccc(cc3)/C=C\NC(=O)[C@H](Cc3ccccc3)NC(=O)[C@H]21)C(C)C. The van der Waals surface area contributed by atoms with E-state index in [1.54, 1.807) is 38.4 Å². The van der Waals surface area contributed by atoms with Gasteiger partial charge in [-0.2, -0.15) is 0 Å². The number of nitrogens with zero attached hydrogens (tertiary/aromatic N) is 1. The van der Waals surface area contributed by atoms with Crippen LogP contribution in [0.1, 0.15) is 38.3 Å². The highest BCUT2D eigenvalue weighted by atomic mass is 16.5. The molecule has 0 spiro atoms. The third kappa shape index (κ3) is 7.32. The fourth-order valence-electron chi connectivity index (χ4n) is 5.02. The van der Waals surface area contributed by atoms with Crippen LogP contribution in [0.25, 0.3) is 6.08 Å². The van der Waals surface area contributed by atoms with Crippen LogP contribution >= 0.6 is 0 Å². The summed E-state index contributed by atoms with van der Waals surface area (Å²) in [4.78, 5) is 55.3. The molecule has 1 saturated heterocycles. The first-order chi connectivity index (χ1) is 19.7. The fourth-order valence-corrected chi connectivity index (χ4v) is 5.02. The summed E-state index contributed by atoms with van der Waals surface area (Å²) in [6.45, 7) is 5.66. The van der Waals surface area contributed by atoms with Gasteiger partial charge in [-0.25, -0.2) is 0 Å². The van der Waals surface area contributed by atoms with E-state index in [1.807, 2.05) is 56.3 Å². The van der Waals surface area contributed by atoms with Gasteiger partial charge in [-0.05, 0) is 49.2 Å². The Labute approximate surface area is 240 Å². The lowest BCUT2D eigenvalue weighted by molar-refractivity contribution is -0.144. The molecule has 41 heavy (non-hydrogen) atoms. The molecule has 0 aromatic heterocycles. The minimum absolute atomic E-state index is 0.229. The smallest absolute Gasteiger partial charge is 0.247 e. The summed E-state index contributed by atoms with van der Waals surface area (Å²) in [6, 6.07) is 13.5.